The summed E-state index contributed by atoms with van der Waals surface area (Å²) >= 11 is 23.1. The molecule has 0 aromatic heterocycles. The van der Waals surface area contributed by atoms with Gasteiger partial charge < -0.3 is 80.2 Å². The highest BCUT2D eigenvalue weighted by molar-refractivity contribution is 8.00. The third-order valence-corrected chi connectivity index (χ3v) is 21.7. The second kappa shape index (κ2) is 37.3. The summed E-state index contributed by atoms with van der Waals surface area (Å²) in [6.07, 6.45) is -9.42. The van der Waals surface area contributed by atoms with Crippen LogP contribution < -0.4 is 18.9 Å². The van der Waals surface area contributed by atoms with Gasteiger partial charge in [-0.3, -0.25) is 0 Å². The molecule has 504 valence electrons. The molecule has 0 saturated carbocycles. The first kappa shape index (κ1) is 79.4. The minimum absolute atomic E-state index is 0. The Morgan fingerprint density at radius 3 is 1.07 bits per heavy atom. The SMILES string of the molecule is C.C.C.CCOc1ccc(Cc2cc([C@@H]3S[C@H](CO)[C@@H](O)[C@H](O)[C@H]3O)c(OC)cc2Cl)cc1.CCOc1ccc(Cc2cc([C@@H]3S[C@H](CO)[C@@H](O)[C@H](O)[C@H]3O)ccc2Cl)cc1.COc1cc(Cl)c(Cc2ccc(C(C)C)cc2)cc1[C@@H]1S[C@H](CO)[C@@H](O)[C@H](O)[C@H]1O. The van der Waals surface area contributed by atoms with Gasteiger partial charge in [-0.15, -0.1) is 35.3 Å². The largest absolute Gasteiger partial charge is 0.496 e. The molecule has 3 heterocycles. The van der Waals surface area contributed by atoms with E-state index in [1.807, 2.05) is 86.6 Å². The molecule has 9 rings (SSSR count). The molecular weight excluding hydrogens is 1290 g/mol. The molecule has 16 nitrogen and oxygen atoms in total. The van der Waals surface area contributed by atoms with Crippen molar-refractivity contribution in [3.05, 3.63) is 186 Å². The lowest BCUT2D eigenvalue weighted by Crippen LogP contribution is -2.51. The van der Waals surface area contributed by atoms with Crippen LogP contribution in [0.3, 0.4) is 0 Å². The molecule has 22 heteroatoms. The third kappa shape index (κ3) is 19.8. The summed E-state index contributed by atoms with van der Waals surface area (Å²) in [4.78, 5) is 0. The van der Waals surface area contributed by atoms with Crippen LogP contribution in [-0.4, -0.2) is 179 Å². The Hall–Kier alpha value is -4.04. The van der Waals surface area contributed by atoms with Crippen molar-refractivity contribution in [2.45, 2.75) is 162 Å². The Balaban J connectivity index is 0.000000287. The molecule has 6 aromatic carbocycles. The van der Waals surface area contributed by atoms with Crippen molar-refractivity contribution in [2.75, 3.05) is 47.3 Å². The molecule has 0 unspecified atom stereocenters. The number of hydrogen-bond acceptors (Lipinski definition) is 19. The number of hydrogen-bond donors (Lipinski definition) is 12. The summed E-state index contributed by atoms with van der Waals surface area (Å²) in [7, 11) is 3.03. The number of aliphatic hydroxyl groups is 12. The van der Waals surface area contributed by atoms with E-state index in [0.717, 1.165) is 50.4 Å². The van der Waals surface area contributed by atoms with Crippen molar-refractivity contribution < 1.29 is 80.2 Å². The van der Waals surface area contributed by atoms with Crippen molar-refractivity contribution >= 4 is 70.1 Å². The maximum absolute atomic E-state index is 10.6. The van der Waals surface area contributed by atoms with Gasteiger partial charge in [0.2, 0.25) is 0 Å². The van der Waals surface area contributed by atoms with Crippen molar-refractivity contribution in [3.8, 4) is 23.0 Å². The number of benzene rings is 6. The number of aliphatic hydroxyl groups excluding tert-OH is 12. The maximum Gasteiger partial charge on any atom is 0.124 e. The summed E-state index contributed by atoms with van der Waals surface area (Å²) in [5, 5.41) is 120. The summed E-state index contributed by atoms with van der Waals surface area (Å²) in [5.41, 5.74) is 9.23. The Morgan fingerprint density at radius 1 is 0.407 bits per heavy atom. The van der Waals surface area contributed by atoms with Crippen LogP contribution in [0.15, 0.2) is 115 Å². The van der Waals surface area contributed by atoms with Gasteiger partial charge in [0, 0.05) is 26.2 Å². The topological polar surface area (TPSA) is 280 Å². The second-order valence-corrected chi connectivity index (χ2v) is 27.4. The van der Waals surface area contributed by atoms with Crippen LogP contribution in [0, 0.1) is 0 Å². The van der Waals surface area contributed by atoms with E-state index in [1.165, 1.54) is 55.1 Å². The summed E-state index contributed by atoms with van der Waals surface area (Å²) in [6, 6.07) is 36.6. The van der Waals surface area contributed by atoms with Gasteiger partial charge in [0.25, 0.3) is 0 Å². The lowest BCUT2D eigenvalue weighted by atomic mass is 9.93. The molecule has 3 fully saturated rings. The van der Waals surface area contributed by atoms with Crippen LogP contribution in [0.1, 0.15) is 127 Å². The lowest BCUT2D eigenvalue weighted by Gasteiger charge is -2.40. The summed E-state index contributed by atoms with van der Waals surface area (Å²) < 4.78 is 21.9. The fourth-order valence-electron chi connectivity index (χ4n) is 10.7. The first-order valence-corrected chi connectivity index (χ1v) is 33.0. The van der Waals surface area contributed by atoms with Gasteiger partial charge in [-0.25, -0.2) is 0 Å². The Labute approximate surface area is 564 Å². The van der Waals surface area contributed by atoms with Crippen LogP contribution in [0.4, 0.5) is 0 Å². The number of halogens is 3. The van der Waals surface area contributed by atoms with Crippen LogP contribution in [0.2, 0.25) is 15.1 Å². The molecule has 91 heavy (non-hydrogen) atoms. The molecule has 3 aliphatic rings. The minimum Gasteiger partial charge on any atom is -0.496 e. The average Bonchev–Trinajstić information content (AvgIpc) is 0.815. The Bertz CT molecular complexity index is 3140. The average molecular weight is 1380 g/mol. The van der Waals surface area contributed by atoms with Gasteiger partial charge in [0.1, 0.15) is 41.3 Å². The molecule has 15 atom stereocenters. The van der Waals surface area contributed by atoms with E-state index >= 15 is 0 Å². The highest BCUT2D eigenvalue weighted by atomic mass is 35.5. The van der Waals surface area contributed by atoms with E-state index in [9.17, 15) is 61.3 Å². The molecule has 0 aliphatic carbocycles. The van der Waals surface area contributed by atoms with Crippen LogP contribution >= 0.6 is 70.1 Å². The summed E-state index contributed by atoms with van der Waals surface area (Å²) in [5.74, 6) is 3.05. The Kier molecular flexibility index (Phi) is 32.6. The van der Waals surface area contributed by atoms with Gasteiger partial charge in [0.15, 0.2) is 0 Å². The molecule has 3 aliphatic heterocycles. The molecule has 0 amide bonds. The van der Waals surface area contributed by atoms with E-state index in [4.69, 9.17) is 53.8 Å². The number of rotatable bonds is 19. The number of methoxy groups -OCH3 is 2. The highest BCUT2D eigenvalue weighted by Crippen LogP contribution is 2.50. The molecule has 0 bridgehead atoms. The van der Waals surface area contributed by atoms with E-state index in [0.29, 0.717) is 76.1 Å². The molecule has 12 N–H and O–H groups in total. The normalized spacial score (nSPS) is 26.0. The Morgan fingerprint density at radius 2 is 0.736 bits per heavy atom. The fraction of sp³-hybridized carbons (Fsp3) is 0.478. The maximum atomic E-state index is 10.6. The van der Waals surface area contributed by atoms with Gasteiger partial charge in [-0.05, 0) is 138 Å². The van der Waals surface area contributed by atoms with E-state index in [-0.39, 0.29) is 42.1 Å². The highest BCUT2D eigenvalue weighted by Gasteiger charge is 2.47. The van der Waals surface area contributed by atoms with Gasteiger partial charge >= 0.3 is 0 Å². The van der Waals surface area contributed by atoms with Crippen LogP contribution in [0.5, 0.6) is 23.0 Å². The van der Waals surface area contributed by atoms with Crippen LogP contribution in [-0.2, 0) is 19.3 Å². The van der Waals surface area contributed by atoms with Crippen LogP contribution in [0.25, 0.3) is 0 Å². The number of ether oxygens (including phenoxy) is 4. The smallest absolute Gasteiger partial charge is 0.124 e. The first-order valence-electron chi connectivity index (χ1n) is 29.0. The van der Waals surface area contributed by atoms with Gasteiger partial charge in [-0.2, -0.15) is 0 Å². The summed E-state index contributed by atoms with van der Waals surface area (Å²) in [6.45, 7) is 8.49. The van der Waals surface area contributed by atoms with Crippen molar-refractivity contribution in [2.24, 2.45) is 0 Å². The second-order valence-electron chi connectivity index (χ2n) is 22.1. The van der Waals surface area contributed by atoms with E-state index < -0.39 is 86.4 Å². The third-order valence-electron chi connectivity index (χ3n) is 15.8. The van der Waals surface area contributed by atoms with Gasteiger partial charge in [-0.1, -0.05) is 132 Å². The van der Waals surface area contributed by atoms with Gasteiger partial charge in [0.05, 0.1) is 115 Å². The molecule has 3 saturated heterocycles. The molecule has 6 aromatic rings. The predicted octanol–water partition coefficient (Wildman–Crippen LogP) is 10.3. The van der Waals surface area contributed by atoms with Crippen molar-refractivity contribution in [1.82, 2.24) is 0 Å². The standard InChI is InChI=1S/C23H29ClO5S.C22H27ClO6S.C21H25ClO5S.3CH4/c1-12(2)14-6-4-13(5-7-14)8-15-9-16(18(29-3)10-17(15)24)23-22(28)21(27)20(26)19(11-25)30-23;1-3-29-14-6-4-12(5-7-14)8-13-9-15(17(28-2)10-16(13)23)22-21(27)20(26)19(25)18(11-24)30-22;1-2-27-15-6-3-12(4-7-15)9-14-10-13(5-8-16(14)22)21-20(26)19(25)18(24)17(11-23)28-21;;;/h4-7,9-10,12,19-23,25-28H,8,11H2,1-3H3;4-7,9-10,18-22,24-27H,3,8,11H2,1-2H3;3-8,10,17-21,23-26H,2,9,11H2,1H3;3*1H4/t19-,20-,21+,22-,23+;18-,19-,20+,21-,22+;17-,18-,19+,20-,21+;;;/m111.../s1. The van der Waals surface area contributed by atoms with Crippen molar-refractivity contribution in [3.63, 3.8) is 0 Å². The zero-order chi connectivity index (χ0) is 64.1. The zero-order valence-corrected chi connectivity index (χ0v) is 54.4. The van der Waals surface area contributed by atoms with E-state index in [2.05, 4.69) is 38.1 Å². The first-order chi connectivity index (χ1) is 42.1. The minimum atomic E-state index is -1.37. The molecular formula is C69H93Cl3O16S3. The quantitative estimate of drug-likeness (QED) is 0.0359. The van der Waals surface area contributed by atoms with Crippen molar-refractivity contribution in [1.29, 1.82) is 0 Å². The fourth-order valence-corrected chi connectivity index (χ4v) is 15.6. The van der Waals surface area contributed by atoms with E-state index in [1.54, 1.807) is 18.2 Å². The predicted molar refractivity (Wildman–Crippen MR) is 370 cm³/mol. The number of thioether (sulfide) groups is 3. The zero-order valence-electron chi connectivity index (χ0n) is 49.7. The molecule has 0 radical (unpaired) electrons. The lowest BCUT2D eigenvalue weighted by molar-refractivity contribution is -0.0702. The monoisotopic (exact) mass is 1380 g/mol. The molecule has 0 spiro atoms.